The van der Waals surface area contributed by atoms with Crippen molar-refractivity contribution in [2.24, 2.45) is 0 Å². The highest BCUT2D eigenvalue weighted by Gasteiger charge is 2.39. The molecule has 0 radical (unpaired) electrons. The lowest BCUT2D eigenvalue weighted by atomic mass is 10.1. The van der Waals surface area contributed by atoms with Crippen LogP contribution in [0.25, 0.3) is 0 Å². The molecule has 1 saturated heterocycles. The van der Waals surface area contributed by atoms with Crippen LogP contribution < -0.4 is 15.0 Å². The second kappa shape index (κ2) is 7.67. The van der Waals surface area contributed by atoms with E-state index in [2.05, 4.69) is 5.32 Å². The number of thioether (sulfide) groups is 1. The molecule has 0 saturated carbocycles. The number of thiocarbonyl (C=S) groups is 1. The van der Waals surface area contributed by atoms with Crippen LogP contribution in [0.5, 0.6) is 5.75 Å². The Labute approximate surface area is 155 Å². The maximum atomic E-state index is 12.3. The zero-order valence-corrected chi connectivity index (χ0v) is 15.1. The number of rotatable bonds is 5. The summed E-state index contributed by atoms with van der Waals surface area (Å²) in [5.41, 5.74) is 1.46. The maximum absolute atomic E-state index is 12.3. The molecule has 1 N–H and O–H groups in total. The monoisotopic (exact) mass is 372 g/mol. The van der Waals surface area contributed by atoms with Crippen molar-refractivity contribution in [1.82, 2.24) is 0 Å². The van der Waals surface area contributed by atoms with Gasteiger partial charge >= 0.3 is 0 Å². The summed E-state index contributed by atoms with van der Waals surface area (Å²) in [5, 5.41) is 2.68. The fraction of sp³-hybridized carbons (Fsp3) is 0.167. The first-order chi connectivity index (χ1) is 12.1. The zero-order valence-electron chi connectivity index (χ0n) is 13.5. The number of hydrogen-bond donors (Lipinski definition) is 1. The van der Waals surface area contributed by atoms with E-state index in [1.807, 2.05) is 30.3 Å². The van der Waals surface area contributed by atoms with E-state index in [9.17, 15) is 9.59 Å². The van der Waals surface area contributed by atoms with E-state index in [-0.39, 0.29) is 17.4 Å². The van der Waals surface area contributed by atoms with E-state index in [0.29, 0.717) is 15.8 Å². The van der Waals surface area contributed by atoms with E-state index >= 15 is 0 Å². The Morgan fingerprint density at radius 1 is 1.20 bits per heavy atom. The molecule has 1 unspecified atom stereocenters. The van der Waals surface area contributed by atoms with E-state index < -0.39 is 6.04 Å². The average molecular weight is 372 g/mol. The Morgan fingerprint density at radius 2 is 1.88 bits per heavy atom. The second-order valence-corrected chi connectivity index (χ2v) is 7.03. The van der Waals surface area contributed by atoms with Gasteiger partial charge in [-0.05, 0) is 48.2 Å². The third-order valence-electron chi connectivity index (χ3n) is 3.76. The maximum Gasteiger partial charge on any atom is 0.226 e. The molecule has 1 amide bonds. The van der Waals surface area contributed by atoms with Crippen LogP contribution in [0.4, 0.5) is 11.4 Å². The highest BCUT2D eigenvalue weighted by molar-refractivity contribution is 8.33. The predicted octanol–water partition coefficient (Wildman–Crippen LogP) is 3.46. The highest BCUT2D eigenvalue weighted by atomic mass is 32.2. The topological polar surface area (TPSA) is 58.6 Å². The summed E-state index contributed by atoms with van der Waals surface area (Å²) in [5.74, 6) is 0.486. The van der Waals surface area contributed by atoms with Gasteiger partial charge in [-0.25, -0.2) is 0 Å². The Balaban J connectivity index is 1.76. The van der Waals surface area contributed by atoms with Crippen molar-refractivity contribution in [3.05, 3.63) is 54.6 Å². The van der Waals surface area contributed by atoms with Crippen molar-refractivity contribution in [3.63, 3.8) is 0 Å². The number of methoxy groups -OCH3 is 1. The molecule has 0 spiro atoms. The summed E-state index contributed by atoms with van der Waals surface area (Å²) in [7, 11) is 1.59. The van der Waals surface area contributed by atoms with Gasteiger partial charge in [0.2, 0.25) is 11.0 Å². The minimum atomic E-state index is -0.616. The van der Waals surface area contributed by atoms with E-state index in [0.717, 1.165) is 17.4 Å². The highest BCUT2D eigenvalue weighted by Crippen LogP contribution is 2.34. The van der Waals surface area contributed by atoms with Crippen LogP contribution >= 0.6 is 24.0 Å². The number of ether oxygens (including phenoxy) is 1. The Hall–Kier alpha value is -2.38. The standard InChI is InChI=1S/C18H16N2O3S2/c1-23-14-9-7-13(8-10-14)20-15(17(22)25-18(20)24)11-16(21)19-12-5-3-2-4-6-12/h2-10,15H,11H2,1H3,(H,19,21). The summed E-state index contributed by atoms with van der Waals surface area (Å²) < 4.78 is 5.60. The van der Waals surface area contributed by atoms with Crippen LogP contribution in [-0.4, -0.2) is 28.5 Å². The number of carbonyl (C=O) groups excluding carboxylic acids is 2. The van der Waals surface area contributed by atoms with Crippen LogP contribution in [-0.2, 0) is 9.59 Å². The normalized spacial score (nSPS) is 16.8. The lowest BCUT2D eigenvalue weighted by molar-refractivity contribution is -0.119. The first-order valence-corrected chi connectivity index (χ1v) is 8.85. The molecule has 1 aliphatic rings. The van der Waals surface area contributed by atoms with Crippen LogP contribution in [0.1, 0.15) is 6.42 Å². The number of nitrogens with zero attached hydrogens (tertiary/aromatic N) is 1. The summed E-state index contributed by atoms with van der Waals surface area (Å²) in [4.78, 5) is 26.4. The second-order valence-electron chi connectivity index (χ2n) is 5.39. The molecule has 0 bridgehead atoms. The van der Waals surface area contributed by atoms with E-state index in [1.165, 1.54) is 0 Å². The van der Waals surface area contributed by atoms with Crippen molar-refractivity contribution in [3.8, 4) is 5.75 Å². The van der Waals surface area contributed by atoms with Crippen molar-refractivity contribution in [2.45, 2.75) is 12.5 Å². The first kappa shape index (κ1) is 17.4. The molecule has 2 aromatic carbocycles. The minimum absolute atomic E-state index is 0.0346. The molecular weight excluding hydrogens is 356 g/mol. The third kappa shape index (κ3) is 4.00. The summed E-state index contributed by atoms with van der Waals surface area (Å²) in [6, 6.07) is 15.8. The Morgan fingerprint density at radius 3 is 2.52 bits per heavy atom. The van der Waals surface area contributed by atoms with Gasteiger partial charge in [0.1, 0.15) is 16.1 Å². The average Bonchev–Trinajstić information content (AvgIpc) is 2.89. The number of carbonyl (C=O) groups is 2. The van der Waals surface area contributed by atoms with Gasteiger partial charge < -0.3 is 15.0 Å². The zero-order chi connectivity index (χ0) is 17.8. The number of nitrogens with one attached hydrogen (secondary N) is 1. The molecule has 0 aliphatic carbocycles. The van der Waals surface area contributed by atoms with Crippen LogP contribution in [0, 0.1) is 0 Å². The SMILES string of the molecule is COc1ccc(N2C(=S)SC(=O)C2CC(=O)Nc2ccccc2)cc1. The fourth-order valence-electron chi connectivity index (χ4n) is 2.55. The smallest absolute Gasteiger partial charge is 0.226 e. The molecule has 3 rings (SSSR count). The molecule has 128 valence electrons. The number of para-hydroxylation sites is 1. The molecule has 7 heteroatoms. The molecule has 1 atom stereocenters. The predicted molar refractivity (Wildman–Crippen MR) is 104 cm³/mol. The number of anilines is 2. The van der Waals surface area contributed by atoms with Crippen molar-refractivity contribution in [2.75, 3.05) is 17.3 Å². The fourth-order valence-corrected chi connectivity index (χ4v) is 3.85. The lowest BCUT2D eigenvalue weighted by Gasteiger charge is -2.24. The van der Waals surface area contributed by atoms with Crippen molar-refractivity contribution >= 4 is 50.7 Å². The van der Waals surface area contributed by atoms with Gasteiger partial charge in [0.25, 0.3) is 0 Å². The van der Waals surface area contributed by atoms with Gasteiger partial charge in [0.05, 0.1) is 13.5 Å². The van der Waals surface area contributed by atoms with Crippen molar-refractivity contribution in [1.29, 1.82) is 0 Å². The summed E-state index contributed by atoms with van der Waals surface area (Å²) >= 11 is 6.32. The molecule has 1 heterocycles. The van der Waals surface area contributed by atoms with Crippen molar-refractivity contribution < 1.29 is 14.3 Å². The van der Waals surface area contributed by atoms with Crippen LogP contribution in [0.3, 0.4) is 0 Å². The lowest BCUT2D eigenvalue weighted by Crippen LogP contribution is -2.38. The Kier molecular flexibility index (Phi) is 5.35. The number of hydrogen-bond acceptors (Lipinski definition) is 5. The summed E-state index contributed by atoms with van der Waals surface area (Å²) in [6.45, 7) is 0. The molecule has 0 aromatic heterocycles. The largest absolute Gasteiger partial charge is 0.497 e. The Bertz CT molecular complexity index is 794. The van der Waals surface area contributed by atoms with E-state index in [4.69, 9.17) is 17.0 Å². The quantitative estimate of drug-likeness (QED) is 0.811. The van der Waals surface area contributed by atoms with Gasteiger partial charge in [-0.1, -0.05) is 30.4 Å². The molecule has 5 nitrogen and oxygen atoms in total. The first-order valence-electron chi connectivity index (χ1n) is 7.62. The van der Waals surface area contributed by atoms with Gasteiger partial charge in [-0.3, -0.25) is 9.59 Å². The molecule has 1 aliphatic heterocycles. The van der Waals surface area contributed by atoms with Gasteiger partial charge in [0.15, 0.2) is 0 Å². The van der Waals surface area contributed by atoms with Gasteiger partial charge in [0, 0.05) is 11.4 Å². The molecule has 25 heavy (non-hydrogen) atoms. The summed E-state index contributed by atoms with van der Waals surface area (Å²) in [6.07, 6.45) is 0.0346. The number of benzene rings is 2. The molecule has 2 aromatic rings. The van der Waals surface area contributed by atoms with Gasteiger partial charge in [-0.2, -0.15) is 0 Å². The number of amides is 1. The molecular formula is C18H16N2O3S2. The van der Waals surface area contributed by atoms with Crippen LogP contribution in [0.15, 0.2) is 54.6 Å². The third-order valence-corrected chi connectivity index (χ3v) is 5.05. The van der Waals surface area contributed by atoms with Crippen LogP contribution in [0.2, 0.25) is 0 Å². The van der Waals surface area contributed by atoms with E-state index in [1.54, 1.807) is 36.3 Å². The molecule has 1 fully saturated rings. The van der Waals surface area contributed by atoms with Gasteiger partial charge in [-0.15, -0.1) is 0 Å². The minimum Gasteiger partial charge on any atom is -0.497 e.